The van der Waals surface area contributed by atoms with Crippen LogP contribution in [0, 0.1) is 25.7 Å². The normalized spacial score (nSPS) is 24.4. The van der Waals surface area contributed by atoms with Crippen molar-refractivity contribution in [3.8, 4) is 0 Å². The number of ketones is 2. The number of aryl methyl sites for hydroxylation is 2. The highest BCUT2D eigenvalue weighted by atomic mass is 35.5. The Morgan fingerprint density at radius 3 is 2.14 bits per heavy atom. The van der Waals surface area contributed by atoms with Crippen molar-refractivity contribution in [3.63, 3.8) is 0 Å². The van der Waals surface area contributed by atoms with Gasteiger partial charge in [-0.25, -0.2) is 4.90 Å². The number of carbonyl (C=O) groups excluding carboxylic acids is 4. The van der Waals surface area contributed by atoms with Crippen LogP contribution in [-0.4, -0.2) is 29.0 Å². The molecule has 2 heterocycles. The predicted molar refractivity (Wildman–Crippen MR) is 129 cm³/mol. The Balaban J connectivity index is 1.55. The lowest BCUT2D eigenvalue weighted by molar-refractivity contribution is -0.127. The topological polar surface area (TPSA) is 80.8 Å². The molecule has 0 saturated carbocycles. The average Bonchev–Trinajstić information content (AvgIpc) is 3.41. The number of halogens is 1. The van der Waals surface area contributed by atoms with Gasteiger partial charge < -0.3 is 4.74 Å². The van der Waals surface area contributed by atoms with E-state index in [4.69, 9.17) is 16.3 Å². The number of Topliss-reactive ketones (excluding diaryl/α,β-unsaturated/α-hetero) is 2. The molecule has 2 amide bonds. The monoisotopic (exact) mass is 485 g/mol. The molecular weight excluding hydrogens is 466 g/mol. The summed E-state index contributed by atoms with van der Waals surface area (Å²) in [5, 5.41) is 0.404. The molecule has 2 fully saturated rings. The lowest BCUT2D eigenvalue weighted by Crippen LogP contribution is -2.51. The van der Waals surface area contributed by atoms with Gasteiger partial charge in [0, 0.05) is 16.1 Å². The number of hydrogen-bond donors (Lipinski definition) is 0. The molecule has 2 saturated heterocycles. The number of benzene rings is 3. The van der Waals surface area contributed by atoms with Gasteiger partial charge in [-0.2, -0.15) is 0 Å². The SMILES string of the molecule is Cc1cccc([C@H]2OC3(C(=O)c4ccccc4C3=O)[C@@H]3C(=O)N(c4ccc(C)c(Cl)c4)C(=O)[C@@H]23)c1. The van der Waals surface area contributed by atoms with Gasteiger partial charge in [0.1, 0.15) is 0 Å². The summed E-state index contributed by atoms with van der Waals surface area (Å²) in [5.41, 5.74) is 0.991. The molecule has 6 nitrogen and oxygen atoms in total. The second-order valence-electron chi connectivity index (χ2n) is 9.34. The average molecular weight is 486 g/mol. The Bertz CT molecular complexity index is 1440. The molecule has 0 bridgehead atoms. The Labute approximate surface area is 206 Å². The molecule has 6 rings (SSSR count). The smallest absolute Gasteiger partial charge is 0.241 e. The first kappa shape index (κ1) is 21.9. The van der Waals surface area contributed by atoms with Crippen LogP contribution in [0.5, 0.6) is 0 Å². The van der Waals surface area contributed by atoms with Crippen molar-refractivity contribution in [3.05, 3.63) is 99.6 Å². The third-order valence-electron chi connectivity index (χ3n) is 7.30. The van der Waals surface area contributed by atoms with Gasteiger partial charge in [-0.1, -0.05) is 71.8 Å². The molecule has 3 atom stereocenters. The van der Waals surface area contributed by atoms with Crippen LogP contribution in [0.2, 0.25) is 5.02 Å². The Morgan fingerprint density at radius 2 is 1.51 bits per heavy atom. The van der Waals surface area contributed by atoms with E-state index in [1.807, 2.05) is 32.0 Å². The van der Waals surface area contributed by atoms with E-state index in [0.717, 1.165) is 16.0 Å². The van der Waals surface area contributed by atoms with Crippen molar-refractivity contribution in [2.24, 2.45) is 11.8 Å². The van der Waals surface area contributed by atoms with Gasteiger partial charge >= 0.3 is 0 Å². The fraction of sp³-hybridized carbons (Fsp3) is 0.214. The molecule has 3 aliphatic rings. The van der Waals surface area contributed by atoms with Crippen LogP contribution in [-0.2, 0) is 14.3 Å². The number of carbonyl (C=O) groups is 4. The lowest BCUT2D eigenvalue weighted by Gasteiger charge is -2.27. The van der Waals surface area contributed by atoms with Crippen molar-refractivity contribution < 1.29 is 23.9 Å². The quantitative estimate of drug-likeness (QED) is 0.390. The summed E-state index contributed by atoms with van der Waals surface area (Å²) in [6, 6.07) is 18.7. The Hall–Kier alpha value is -3.61. The van der Waals surface area contributed by atoms with Crippen molar-refractivity contribution in [2.45, 2.75) is 25.6 Å². The number of nitrogens with zero attached hydrogens (tertiary/aromatic N) is 1. The Morgan fingerprint density at radius 1 is 0.829 bits per heavy atom. The fourth-order valence-corrected chi connectivity index (χ4v) is 5.82. The third kappa shape index (κ3) is 2.81. The molecule has 0 aromatic heterocycles. The van der Waals surface area contributed by atoms with E-state index in [1.165, 1.54) is 0 Å². The number of amides is 2. The van der Waals surface area contributed by atoms with Crippen LogP contribution in [0.4, 0.5) is 5.69 Å². The maximum atomic E-state index is 13.9. The van der Waals surface area contributed by atoms with Crippen molar-refractivity contribution in [2.75, 3.05) is 4.90 Å². The summed E-state index contributed by atoms with van der Waals surface area (Å²) in [4.78, 5) is 56.3. The minimum absolute atomic E-state index is 0.207. The summed E-state index contributed by atoms with van der Waals surface area (Å²) in [6.07, 6.45) is -0.940. The zero-order valence-corrected chi connectivity index (χ0v) is 19.7. The summed E-state index contributed by atoms with van der Waals surface area (Å²) >= 11 is 6.30. The van der Waals surface area contributed by atoms with E-state index in [1.54, 1.807) is 48.5 Å². The van der Waals surface area contributed by atoms with Gasteiger partial charge in [-0.3, -0.25) is 19.2 Å². The van der Waals surface area contributed by atoms with E-state index >= 15 is 0 Å². The van der Waals surface area contributed by atoms with Crippen LogP contribution in [0.3, 0.4) is 0 Å². The van der Waals surface area contributed by atoms with E-state index in [2.05, 4.69) is 0 Å². The van der Waals surface area contributed by atoms with Gasteiger partial charge in [-0.15, -0.1) is 0 Å². The van der Waals surface area contributed by atoms with Gasteiger partial charge in [0.25, 0.3) is 0 Å². The molecule has 1 spiro atoms. The molecule has 3 aromatic carbocycles. The maximum absolute atomic E-state index is 13.9. The van der Waals surface area contributed by atoms with Crippen molar-refractivity contribution >= 4 is 40.7 Å². The van der Waals surface area contributed by atoms with Crippen LogP contribution < -0.4 is 4.90 Å². The lowest BCUT2D eigenvalue weighted by atomic mass is 9.77. The first-order valence-corrected chi connectivity index (χ1v) is 11.7. The zero-order chi connectivity index (χ0) is 24.6. The number of imide groups is 1. The molecule has 3 aromatic rings. The molecule has 2 aliphatic heterocycles. The number of ether oxygens (including phenoxy) is 1. The molecular formula is C28H20ClNO5. The second-order valence-corrected chi connectivity index (χ2v) is 9.75. The van der Waals surface area contributed by atoms with E-state index in [0.29, 0.717) is 16.3 Å². The second kappa shape index (κ2) is 7.44. The van der Waals surface area contributed by atoms with Crippen LogP contribution in [0.25, 0.3) is 0 Å². The third-order valence-corrected chi connectivity index (χ3v) is 7.71. The summed E-state index contributed by atoms with van der Waals surface area (Å²) in [5.74, 6) is -4.62. The van der Waals surface area contributed by atoms with E-state index in [9.17, 15) is 19.2 Å². The van der Waals surface area contributed by atoms with E-state index in [-0.39, 0.29) is 11.1 Å². The van der Waals surface area contributed by atoms with Gasteiger partial charge in [0.05, 0.1) is 23.6 Å². The maximum Gasteiger partial charge on any atom is 0.241 e. The minimum atomic E-state index is -2.08. The van der Waals surface area contributed by atoms with Gasteiger partial charge in [-0.05, 0) is 37.1 Å². The van der Waals surface area contributed by atoms with Crippen LogP contribution >= 0.6 is 11.6 Å². The van der Waals surface area contributed by atoms with Gasteiger partial charge in [0.2, 0.25) is 29.0 Å². The number of hydrogen-bond acceptors (Lipinski definition) is 5. The Kier molecular flexibility index (Phi) is 4.66. The molecule has 0 unspecified atom stereocenters. The molecule has 7 heteroatoms. The standard InChI is InChI=1S/C28H20ClNO5/c1-14-6-5-7-16(12-14)23-21-22(27(34)30(26(21)33)17-11-10-15(2)20(29)13-17)28(35-23)24(31)18-8-3-4-9-19(18)25(28)32/h3-13,21-23H,1-2H3/t21-,22+,23-/m1/s1. The van der Waals surface area contributed by atoms with Crippen molar-refractivity contribution in [1.29, 1.82) is 0 Å². The zero-order valence-electron chi connectivity index (χ0n) is 18.9. The molecule has 0 radical (unpaired) electrons. The highest BCUT2D eigenvalue weighted by molar-refractivity contribution is 6.37. The molecule has 0 N–H and O–H groups in total. The summed E-state index contributed by atoms with van der Waals surface area (Å²) in [7, 11) is 0. The molecule has 1 aliphatic carbocycles. The number of anilines is 1. The van der Waals surface area contributed by atoms with Gasteiger partial charge in [0.15, 0.2) is 0 Å². The minimum Gasteiger partial charge on any atom is -0.349 e. The fourth-order valence-electron chi connectivity index (χ4n) is 5.64. The first-order valence-electron chi connectivity index (χ1n) is 11.3. The van der Waals surface area contributed by atoms with Crippen molar-refractivity contribution in [1.82, 2.24) is 0 Å². The first-order chi connectivity index (χ1) is 16.8. The highest BCUT2D eigenvalue weighted by Gasteiger charge is 2.74. The van der Waals surface area contributed by atoms with Crippen LogP contribution in [0.15, 0.2) is 66.7 Å². The predicted octanol–water partition coefficient (Wildman–Crippen LogP) is 4.65. The molecule has 35 heavy (non-hydrogen) atoms. The number of rotatable bonds is 2. The van der Waals surface area contributed by atoms with Crippen LogP contribution in [0.1, 0.15) is 43.5 Å². The molecule has 174 valence electrons. The summed E-state index contributed by atoms with van der Waals surface area (Å²) in [6.45, 7) is 3.72. The highest BCUT2D eigenvalue weighted by Crippen LogP contribution is 2.57. The summed E-state index contributed by atoms with van der Waals surface area (Å²) < 4.78 is 6.30. The van der Waals surface area contributed by atoms with E-state index < -0.39 is 46.9 Å². The number of fused-ring (bicyclic) bond motifs is 3. The largest absolute Gasteiger partial charge is 0.349 e.